The largest absolute Gasteiger partial charge is 0.496 e. The molecule has 7 heteroatoms. The Balaban J connectivity index is 0.00000280. The number of methoxy groups -OCH3 is 1. The standard InChI is InChI=1S/C21H30N4OS.HI/c1-22-21(25(2)15-16-9-4-6-11-18(16)26-3)23-14-8-13-20-24-17-10-5-7-12-19(17)27-20;/h4,6,9,11H,5,7-8,10,12-15H2,1-3H3,(H,22,23);1H. The van der Waals surface area contributed by atoms with Crippen molar-refractivity contribution in [1.82, 2.24) is 15.2 Å². The van der Waals surface area contributed by atoms with E-state index in [1.807, 2.05) is 36.6 Å². The van der Waals surface area contributed by atoms with Gasteiger partial charge in [0, 0.05) is 44.0 Å². The number of aromatic nitrogens is 1. The first-order valence-electron chi connectivity index (χ1n) is 9.72. The Morgan fingerprint density at radius 3 is 2.82 bits per heavy atom. The van der Waals surface area contributed by atoms with E-state index in [0.29, 0.717) is 0 Å². The van der Waals surface area contributed by atoms with Crippen LogP contribution in [-0.2, 0) is 25.8 Å². The van der Waals surface area contributed by atoms with E-state index in [4.69, 9.17) is 9.72 Å². The zero-order valence-electron chi connectivity index (χ0n) is 17.0. The molecule has 5 nitrogen and oxygen atoms in total. The normalized spacial score (nSPS) is 13.5. The van der Waals surface area contributed by atoms with Crippen LogP contribution < -0.4 is 10.1 Å². The first-order chi connectivity index (χ1) is 13.2. The summed E-state index contributed by atoms with van der Waals surface area (Å²) < 4.78 is 5.45. The van der Waals surface area contributed by atoms with E-state index in [2.05, 4.69) is 28.3 Å². The van der Waals surface area contributed by atoms with Gasteiger partial charge in [0.25, 0.3) is 0 Å². The van der Waals surface area contributed by atoms with Gasteiger partial charge in [-0.3, -0.25) is 4.99 Å². The minimum atomic E-state index is 0. The van der Waals surface area contributed by atoms with Gasteiger partial charge in [-0.1, -0.05) is 18.2 Å². The molecule has 1 N–H and O–H groups in total. The van der Waals surface area contributed by atoms with Crippen LogP contribution in [0.5, 0.6) is 5.75 Å². The molecule has 1 aromatic carbocycles. The third kappa shape index (κ3) is 6.07. The van der Waals surface area contributed by atoms with Crippen molar-refractivity contribution in [2.75, 3.05) is 27.7 Å². The maximum atomic E-state index is 5.45. The first kappa shape index (κ1) is 22.9. The number of ether oxygens (including phenoxy) is 1. The lowest BCUT2D eigenvalue weighted by Crippen LogP contribution is -2.39. The van der Waals surface area contributed by atoms with Crippen LogP contribution in [0.1, 0.15) is 40.4 Å². The average molecular weight is 514 g/mol. The van der Waals surface area contributed by atoms with E-state index >= 15 is 0 Å². The SMILES string of the molecule is CN=C(NCCCc1nc2c(s1)CCCC2)N(C)Cc1ccccc1OC.I. The van der Waals surface area contributed by atoms with Crippen molar-refractivity contribution >= 4 is 41.3 Å². The maximum Gasteiger partial charge on any atom is 0.193 e. The number of fused-ring (bicyclic) bond motifs is 1. The fourth-order valence-electron chi connectivity index (χ4n) is 3.50. The molecular weight excluding hydrogens is 483 g/mol. The quantitative estimate of drug-likeness (QED) is 0.259. The van der Waals surface area contributed by atoms with Gasteiger partial charge in [-0.15, -0.1) is 35.3 Å². The lowest BCUT2D eigenvalue weighted by Gasteiger charge is -2.23. The van der Waals surface area contributed by atoms with E-state index in [9.17, 15) is 0 Å². The van der Waals surface area contributed by atoms with Gasteiger partial charge in [0.05, 0.1) is 17.8 Å². The van der Waals surface area contributed by atoms with Crippen LogP contribution in [-0.4, -0.2) is 43.6 Å². The van der Waals surface area contributed by atoms with Crippen molar-refractivity contribution in [3.63, 3.8) is 0 Å². The van der Waals surface area contributed by atoms with E-state index in [0.717, 1.165) is 43.2 Å². The topological polar surface area (TPSA) is 49.8 Å². The summed E-state index contributed by atoms with van der Waals surface area (Å²) in [4.78, 5) is 12.9. The molecule has 0 radical (unpaired) electrons. The molecule has 1 aromatic heterocycles. The van der Waals surface area contributed by atoms with Crippen LogP contribution in [0, 0.1) is 0 Å². The fraction of sp³-hybridized carbons (Fsp3) is 0.524. The summed E-state index contributed by atoms with van der Waals surface area (Å²) >= 11 is 1.92. The molecule has 0 saturated heterocycles. The van der Waals surface area contributed by atoms with Crippen molar-refractivity contribution in [3.05, 3.63) is 45.4 Å². The Morgan fingerprint density at radius 1 is 1.29 bits per heavy atom. The number of aliphatic imine (C=N–C) groups is 1. The van der Waals surface area contributed by atoms with E-state index in [1.165, 1.54) is 41.3 Å². The summed E-state index contributed by atoms with van der Waals surface area (Å²) in [7, 11) is 5.59. The number of rotatable bonds is 7. The highest BCUT2D eigenvalue weighted by Gasteiger charge is 2.15. The zero-order valence-corrected chi connectivity index (χ0v) is 20.2. The van der Waals surface area contributed by atoms with Crippen molar-refractivity contribution < 1.29 is 4.74 Å². The first-order valence-corrected chi connectivity index (χ1v) is 10.5. The van der Waals surface area contributed by atoms with Crippen LogP contribution in [0.2, 0.25) is 0 Å². The smallest absolute Gasteiger partial charge is 0.193 e. The van der Waals surface area contributed by atoms with Crippen LogP contribution in [0.15, 0.2) is 29.3 Å². The van der Waals surface area contributed by atoms with Gasteiger partial charge in [-0.2, -0.15) is 0 Å². The zero-order chi connectivity index (χ0) is 19.1. The number of nitrogens with zero attached hydrogens (tertiary/aromatic N) is 3. The highest BCUT2D eigenvalue weighted by Crippen LogP contribution is 2.27. The van der Waals surface area contributed by atoms with E-state index in [1.54, 1.807) is 7.11 Å². The minimum Gasteiger partial charge on any atom is -0.496 e. The van der Waals surface area contributed by atoms with Gasteiger partial charge in [0.1, 0.15) is 5.75 Å². The molecule has 2 aromatic rings. The molecule has 1 aliphatic rings. The molecule has 0 saturated carbocycles. The molecule has 0 unspecified atom stereocenters. The van der Waals surface area contributed by atoms with Gasteiger partial charge >= 0.3 is 0 Å². The monoisotopic (exact) mass is 514 g/mol. The number of hydrogen-bond acceptors (Lipinski definition) is 4. The summed E-state index contributed by atoms with van der Waals surface area (Å²) in [6.45, 7) is 1.65. The highest BCUT2D eigenvalue weighted by atomic mass is 127. The Bertz CT molecular complexity index is 754. The average Bonchev–Trinajstić information content (AvgIpc) is 3.11. The van der Waals surface area contributed by atoms with Gasteiger partial charge in [-0.05, 0) is 38.2 Å². The molecule has 154 valence electrons. The number of para-hydroxylation sites is 1. The number of nitrogens with one attached hydrogen (secondary N) is 1. The fourth-order valence-corrected chi connectivity index (χ4v) is 4.70. The number of halogens is 1. The molecule has 0 atom stereocenters. The van der Waals surface area contributed by atoms with E-state index in [-0.39, 0.29) is 24.0 Å². The molecule has 3 rings (SSSR count). The number of guanidine groups is 1. The van der Waals surface area contributed by atoms with Crippen LogP contribution in [0.4, 0.5) is 0 Å². The van der Waals surface area contributed by atoms with Crippen molar-refractivity contribution in [2.45, 2.75) is 45.1 Å². The van der Waals surface area contributed by atoms with Crippen molar-refractivity contribution in [1.29, 1.82) is 0 Å². The highest BCUT2D eigenvalue weighted by molar-refractivity contribution is 14.0. The predicted octanol–water partition coefficient (Wildman–Crippen LogP) is 4.29. The van der Waals surface area contributed by atoms with Crippen LogP contribution in [0.3, 0.4) is 0 Å². The summed E-state index contributed by atoms with van der Waals surface area (Å²) in [6, 6.07) is 8.11. The molecule has 0 fully saturated rings. The molecule has 0 spiro atoms. The number of hydrogen-bond donors (Lipinski definition) is 1. The minimum absolute atomic E-state index is 0. The lowest BCUT2D eigenvalue weighted by atomic mass is 10.0. The summed E-state index contributed by atoms with van der Waals surface area (Å²) in [5, 5.41) is 4.76. The van der Waals surface area contributed by atoms with Gasteiger partial charge in [0.2, 0.25) is 0 Å². The molecule has 0 amide bonds. The summed E-state index contributed by atoms with van der Waals surface area (Å²) in [5.41, 5.74) is 2.51. The molecule has 28 heavy (non-hydrogen) atoms. The van der Waals surface area contributed by atoms with Crippen LogP contribution >= 0.6 is 35.3 Å². The Labute approximate surface area is 189 Å². The number of thiazole rings is 1. The van der Waals surface area contributed by atoms with Gasteiger partial charge < -0.3 is 15.0 Å². The summed E-state index contributed by atoms with van der Waals surface area (Å²) in [6.07, 6.45) is 7.12. The van der Waals surface area contributed by atoms with Gasteiger partial charge in [0.15, 0.2) is 5.96 Å². The second kappa shape index (κ2) is 11.6. The second-order valence-electron chi connectivity index (χ2n) is 6.93. The molecule has 1 heterocycles. The second-order valence-corrected chi connectivity index (χ2v) is 8.10. The number of benzene rings is 1. The third-order valence-electron chi connectivity index (χ3n) is 4.91. The predicted molar refractivity (Wildman–Crippen MR) is 128 cm³/mol. The van der Waals surface area contributed by atoms with Crippen molar-refractivity contribution in [3.8, 4) is 5.75 Å². The Kier molecular flexibility index (Phi) is 9.50. The molecular formula is C21H31IN4OS. The lowest BCUT2D eigenvalue weighted by molar-refractivity contribution is 0.396. The number of aryl methyl sites for hydroxylation is 3. The third-order valence-corrected chi connectivity index (χ3v) is 6.13. The molecule has 0 bridgehead atoms. The van der Waals surface area contributed by atoms with Crippen LogP contribution in [0.25, 0.3) is 0 Å². The molecule has 0 aliphatic heterocycles. The van der Waals surface area contributed by atoms with Gasteiger partial charge in [-0.25, -0.2) is 4.98 Å². The van der Waals surface area contributed by atoms with Crippen molar-refractivity contribution in [2.24, 2.45) is 4.99 Å². The Morgan fingerprint density at radius 2 is 2.07 bits per heavy atom. The summed E-state index contributed by atoms with van der Waals surface area (Å²) in [5.74, 6) is 1.81. The van der Waals surface area contributed by atoms with E-state index < -0.39 is 0 Å². The maximum absolute atomic E-state index is 5.45. The Hall–Kier alpha value is -1.35. The molecule has 1 aliphatic carbocycles.